The maximum atomic E-state index is 13.6. The van der Waals surface area contributed by atoms with Crippen LogP contribution in [0.5, 0.6) is 0 Å². The molecule has 0 saturated carbocycles. The van der Waals surface area contributed by atoms with Crippen molar-refractivity contribution in [2.45, 2.75) is 56.9 Å². The second-order valence-corrected chi connectivity index (χ2v) is 11.9. The molecule has 3 aromatic rings. The Bertz CT molecular complexity index is 1360. The molecule has 0 heterocycles. The van der Waals surface area contributed by atoms with E-state index in [1.807, 2.05) is 13.8 Å². The smallest absolute Gasteiger partial charge is 0.264 e. The van der Waals surface area contributed by atoms with Crippen molar-refractivity contribution in [3.05, 3.63) is 93.0 Å². The summed E-state index contributed by atoms with van der Waals surface area (Å²) in [5.74, 6) is -0.402. The topological polar surface area (TPSA) is 66.5 Å². The molecule has 190 valence electrons. The molecule has 1 N–H and O–H groups in total. The maximum Gasteiger partial charge on any atom is 0.264 e. The number of anilines is 1. The first-order chi connectivity index (χ1) is 17.2. The van der Waals surface area contributed by atoms with Gasteiger partial charge in [0.05, 0.1) is 26.7 Å². The van der Waals surface area contributed by atoms with E-state index >= 15 is 0 Å². The Morgan fingerprint density at radius 1 is 0.944 bits per heavy atom. The molecule has 0 radical (unpaired) electrons. The molecule has 0 saturated heterocycles. The highest BCUT2D eigenvalue weighted by atomic mass is 35.5. The van der Waals surface area contributed by atoms with Crippen LogP contribution >= 0.6 is 23.2 Å². The van der Waals surface area contributed by atoms with E-state index in [9.17, 15) is 13.2 Å². The van der Waals surface area contributed by atoms with Crippen LogP contribution in [0.4, 0.5) is 5.69 Å². The number of amides is 1. The molecule has 0 spiro atoms. The fourth-order valence-electron chi connectivity index (χ4n) is 4.55. The normalized spacial score (nSPS) is 14.1. The van der Waals surface area contributed by atoms with Crippen LogP contribution in [0.15, 0.2) is 65.6 Å². The van der Waals surface area contributed by atoms with Crippen LogP contribution in [0.3, 0.4) is 0 Å². The molecule has 0 bridgehead atoms. The average molecular weight is 546 g/mol. The highest BCUT2D eigenvalue weighted by Crippen LogP contribution is 2.31. The van der Waals surface area contributed by atoms with Crippen molar-refractivity contribution in [3.63, 3.8) is 0 Å². The number of sulfonamides is 1. The van der Waals surface area contributed by atoms with Gasteiger partial charge < -0.3 is 5.32 Å². The number of hydrogen-bond donors (Lipinski definition) is 1. The summed E-state index contributed by atoms with van der Waals surface area (Å²) in [4.78, 5) is 13.4. The minimum Gasteiger partial charge on any atom is -0.348 e. The number of aryl methyl sites for hydroxylation is 3. The van der Waals surface area contributed by atoms with Gasteiger partial charge in [-0.15, -0.1) is 0 Å². The molecule has 0 aromatic heterocycles. The first-order valence-electron chi connectivity index (χ1n) is 12.1. The van der Waals surface area contributed by atoms with Crippen molar-refractivity contribution in [2.75, 3.05) is 10.8 Å². The van der Waals surface area contributed by atoms with Crippen LogP contribution in [0, 0.1) is 6.92 Å². The highest BCUT2D eigenvalue weighted by molar-refractivity contribution is 7.92. The summed E-state index contributed by atoms with van der Waals surface area (Å²) in [6.07, 6.45) is 5.21. The second-order valence-electron chi connectivity index (χ2n) is 9.19. The third-order valence-corrected chi connectivity index (χ3v) is 9.13. The van der Waals surface area contributed by atoms with Crippen molar-refractivity contribution in [2.24, 2.45) is 0 Å². The van der Waals surface area contributed by atoms with E-state index in [1.165, 1.54) is 48.2 Å². The number of carbonyl (C=O) groups excluding carboxylic acids is 1. The van der Waals surface area contributed by atoms with E-state index in [1.54, 1.807) is 18.2 Å². The lowest BCUT2D eigenvalue weighted by molar-refractivity contribution is -0.120. The van der Waals surface area contributed by atoms with Gasteiger partial charge >= 0.3 is 0 Å². The molecular formula is C28H30Cl2N2O3S. The zero-order valence-corrected chi connectivity index (χ0v) is 22.8. The fourth-order valence-corrected chi connectivity index (χ4v) is 6.26. The molecular weight excluding hydrogens is 515 g/mol. The summed E-state index contributed by atoms with van der Waals surface area (Å²) in [5, 5.41) is 3.55. The first-order valence-corrected chi connectivity index (χ1v) is 14.3. The molecule has 36 heavy (non-hydrogen) atoms. The third kappa shape index (κ3) is 5.88. The van der Waals surface area contributed by atoms with Crippen molar-refractivity contribution in [1.82, 2.24) is 5.32 Å². The fraction of sp³-hybridized carbons (Fsp3) is 0.321. The number of rotatable bonds is 8. The Morgan fingerprint density at radius 2 is 1.64 bits per heavy atom. The van der Waals surface area contributed by atoms with Gasteiger partial charge in [-0.1, -0.05) is 66.0 Å². The van der Waals surface area contributed by atoms with Gasteiger partial charge in [-0.05, 0) is 86.1 Å². The van der Waals surface area contributed by atoms with E-state index < -0.39 is 22.5 Å². The van der Waals surface area contributed by atoms with E-state index in [4.69, 9.17) is 23.2 Å². The van der Waals surface area contributed by atoms with Crippen LogP contribution in [0.1, 0.15) is 54.5 Å². The Labute approximate surface area is 223 Å². The number of benzene rings is 3. The molecule has 1 amide bonds. The molecule has 4 rings (SSSR count). The van der Waals surface area contributed by atoms with Crippen molar-refractivity contribution < 1.29 is 13.2 Å². The van der Waals surface area contributed by atoms with Gasteiger partial charge in [0, 0.05) is 0 Å². The number of hydrogen-bond acceptors (Lipinski definition) is 3. The second kappa shape index (κ2) is 11.2. The molecule has 0 fully saturated rings. The predicted octanol–water partition coefficient (Wildman–Crippen LogP) is 6.64. The van der Waals surface area contributed by atoms with Crippen LogP contribution in [-0.2, 0) is 27.7 Å². The average Bonchev–Trinajstić information content (AvgIpc) is 2.87. The maximum absolute atomic E-state index is 13.6. The number of fused-ring (bicyclic) bond motifs is 1. The van der Waals surface area contributed by atoms with E-state index in [0.29, 0.717) is 11.4 Å². The lowest BCUT2D eigenvalue weighted by Crippen LogP contribution is -2.42. The summed E-state index contributed by atoms with van der Waals surface area (Å²) < 4.78 is 28.3. The minimum atomic E-state index is -4.04. The molecule has 1 aliphatic carbocycles. The van der Waals surface area contributed by atoms with Gasteiger partial charge in [-0.3, -0.25) is 9.10 Å². The zero-order chi connectivity index (χ0) is 25.9. The standard InChI is InChI=1S/C28H30Cl2N2O3S/c1-3-27(22-11-10-20-6-4-5-7-21(20)16-22)31-28(33)18-32(23-12-15-25(29)26(30)17-23)36(34,35)24-13-8-19(2)9-14-24/h8-17,27H,3-7,18H2,1-2H3,(H,31,33)/t27-/m1/s1. The number of carbonyl (C=O) groups is 1. The van der Waals surface area contributed by atoms with Crippen molar-refractivity contribution >= 4 is 44.8 Å². The van der Waals surface area contributed by atoms with Crippen LogP contribution in [0.25, 0.3) is 0 Å². The SMILES string of the molecule is CC[C@@H](NC(=O)CN(c1ccc(Cl)c(Cl)c1)S(=O)(=O)c1ccc(C)cc1)c1ccc2c(c1)CCCC2. The summed E-state index contributed by atoms with van der Waals surface area (Å²) in [7, 11) is -4.04. The summed E-state index contributed by atoms with van der Waals surface area (Å²) in [6.45, 7) is 3.49. The number of halogens is 2. The van der Waals surface area contributed by atoms with E-state index in [0.717, 1.165) is 28.3 Å². The van der Waals surface area contributed by atoms with E-state index in [-0.39, 0.29) is 21.6 Å². The largest absolute Gasteiger partial charge is 0.348 e. The molecule has 0 aliphatic heterocycles. The monoisotopic (exact) mass is 544 g/mol. The lowest BCUT2D eigenvalue weighted by Gasteiger charge is -2.26. The van der Waals surface area contributed by atoms with Gasteiger partial charge in [0.2, 0.25) is 5.91 Å². The Morgan fingerprint density at radius 3 is 2.31 bits per heavy atom. The van der Waals surface area contributed by atoms with Crippen LogP contribution in [0.2, 0.25) is 10.0 Å². The highest BCUT2D eigenvalue weighted by Gasteiger charge is 2.28. The quantitative estimate of drug-likeness (QED) is 0.345. The van der Waals surface area contributed by atoms with Crippen LogP contribution < -0.4 is 9.62 Å². The van der Waals surface area contributed by atoms with Crippen molar-refractivity contribution in [3.8, 4) is 0 Å². The number of nitrogens with one attached hydrogen (secondary N) is 1. The molecule has 1 aliphatic rings. The first kappa shape index (κ1) is 26.5. The summed E-state index contributed by atoms with van der Waals surface area (Å²) in [6, 6.07) is 17.2. The van der Waals surface area contributed by atoms with Gasteiger partial charge in [0.25, 0.3) is 10.0 Å². The summed E-state index contributed by atoms with van der Waals surface area (Å²) in [5.41, 5.74) is 4.95. The molecule has 8 heteroatoms. The molecule has 5 nitrogen and oxygen atoms in total. The van der Waals surface area contributed by atoms with Gasteiger partial charge in [0.15, 0.2) is 0 Å². The van der Waals surface area contributed by atoms with Gasteiger partial charge in [0.1, 0.15) is 6.54 Å². The minimum absolute atomic E-state index is 0.0914. The zero-order valence-electron chi connectivity index (χ0n) is 20.4. The Kier molecular flexibility index (Phi) is 8.28. The summed E-state index contributed by atoms with van der Waals surface area (Å²) >= 11 is 12.3. The van der Waals surface area contributed by atoms with E-state index in [2.05, 4.69) is 23.5 Å². The molecule has 0 unspecified atom stereocenters. The predicted molar refractivity (Wildman–Crippen MR) is 146 cm³/mol. The van der Waals surface area contributed by atoms with Crippen LogP contribution in [-0.4, -0.2) is 20.9 Å². The molecule has 3 aromatic carbocycles. The molecule has 1 atom stereocenters. The van der Waals surface area contributed by atoms with Gasteiger partial charge in [-0.2, -0.15) is 0 Å². The number of nitrogens with zero attached hydrogens (tertiary/aromatic N) is 1. The Hall–Kier alpha value is -2.54. The van der Waals surface area contributed by atoms with Gasteiger partial charge in [-0.25, -0.2) is 8.42 Å². The Balaban J connectivity index is 1.62. The van der Waals surface area contributed by atoms with Crippen molar-refractivity contribution in [1.29, 1.82) is 0 Å². The lowest BCUT2D eigenvalue weighted by atomic mass is 9.89. The third-order valence-electron chi connectivity index (χ3n) is 6.61.